The lowest BCUT2D eigenvalue weighted by molar-refractivity contribution is -0.0194. The molecule has 1 atom stereocenters. The Labute approximate surface area is 104 Å². The lowest BCUT2D eigenvalue weighted by atomic mass is 10.2. The highest BCUT2D eigenvalue weighted by molar-refractivity contribution is 6.18. The number of hydrogen-bond acceptors (Lipinski definition) is 2. The second-order valence-electron chi connectivity index (χ2n) is 4.13. The van der Waals surface area contributed by atoms with Gasteiger partial charge in [0.1, 0.15) is 0 Å². The number of morpholine rings is 1. The van der Waals surface area contributed by atoms with E-state index in [4.69, 9.17) is 16.3 Å². The van der Waals surface area contributed by atoms with Crippen LogP contribution in [0.3, 0.4) is 0 Å². The molecule has 0 radical (unpaired) electrons. The molecule has 17 heavy (non-hydrogen) atoms. The third kappa shape index (κ3) is 3.37. The van der Waals surface area contributed by atoms with Gasteiger partial charge in [0.2, 0.25) is 0 Å². The summed E-state index contributed by atoms with van der Waals surface area (Å²) >= 11 is 5.73. The number of hydrogen-bond donors (Lipinski definition) is 0. The lowest BCUT2D eigenvalue weighted by Gasteiger charge is -2.31. The monoisotopic (exact) mass is 261 g/mol. The van der Waals surface area contributed by atoms with E-state index in [-0.39, 0.29) is 6.10 Å². The van der Waals surface area contributed by atoms with Crippen LogP contribution in [0.5, 0.6) is 0 Å². The minimum Gasteiger partial charge on any atom is -0.374 e. The zero-order valence-electron chi connectivity index (χ0n) is 9.33. The number of nitrogens with zero attached hydrogens (tertiary/aromatic N) is 1. The predicted octanol–water partition coefficient (Wildman–Crippen LogP) is 2.40. The molecule has 1 heterocycles. The highest BCUT2D eigenvalue weighted by atomic mass is 35.5. The van der Waals surface area contributed by atoms with E-state index in [0.717, 1.165) is 24.7 Å². The van der Waals surface area contributed by atoms with Gasteiger partial charge in [-0.05, 0) is 17.7 Å². The Bertz CT molecular complexity index is 389. The van der Waals surface area contributed by atoms with Gasteiger partial charge in [0, 0.05) is 25.5 Å². The van der Waals surface area contributed by atoms with Crippen molar-refractivity contribution >= 4 is 11.6 Å². The minimum atomic E-state index is -0.811. The van der Waals surface area contributed by atoms with Crippen LogP contribution in [0.4, 0.5) is 8.78 Å². The van der Waals surface area contributed by atoms with Crippen molar-refractivity contribution in [1.29, 1.82) is 0 Å². The molecule has 2 nitrogen and oxygen atoms in total. The standard InChI is InChI=1S/C12H14ClF2NO/c13-6-10-8-16(3-4-17-10)7-9-1-2-11(14)12(15)5-9/h1-2,5,10H,3-4,6-8H2. The molecule has 1 aromatic carbocycles. The summed E-state index contributed by atoms with van der Waals surface area (Å²) in [6.45, 7) is 2.73. The quantitative estimate of drug-likeness (QED) is 0.775. The number of rotatable bonds is 3. The number of ether oxygens (including phenoxy) is 1. The van der Waals surface area contributed by atoms with Crippen molar-refractivity contribution in [3.63, 3.8) is 0 Å². The average Bonchev–Trinajstić information content (AvgIpc) is 2.34. The lowest BCUT2D eigenvalue weighted by Crippen LogP contribution is -2.42. The van der Waals surface area contributed by atoms with Crippen molar-refractivity contribution in [2.75, 3.05) is 25.6 Å². The van der Waals surface area contributed by atoms with Crippen molar-refractivity contribution in [3.8, 4) is 0 Å². The third-order valence-corrected chi connectivity index (χ3v) is 3.13. The molecule has 1 aliphatic heterocycles. The molecule has 5 heteroatoms. The summed E-state index contributed by atoms with van der Waals surface area (Å²) in [5.74, 6) is -1.16. The van der Waals surface area contributed by atoms with Crippen LogP contribution in [-0.4, -0.2) is 36.6 Å². The fourth-order valence-electron chi connectivity index (χ4n) is 1.91. The normalized spacial score (nSPS) is 21.7. The summed E-state index contributed by atoms with van der Waals surface area (Å²) in [7, 11) is 0. The topological polar surface area (TPSA) is 12.5 Å². The molecule has 94 valence electrons. The highest BCUT2D eigenvalue weighted by Gasteiger charge is 2.19. The molecule has 0 amide bonds. The summed E-state index contributed by atoms with van der Waals surface area (Å²) in [4.78, 5) is 2.13. The van der Waals surface area contributed by atoms with Crippen LogP contribution in [0, 0.1) is 11.6 Å². The number of alkyl halides is 1. The molecule has 0 spiro atoms. The van der Waals surface area contributed by atoms with Crippen LogP contribution in [0.2, 0.25) is 0 Å². The first-order chi connectivity index (χ1) is 8.19. The maximum atomic E-state index is 13.0. The van der Waals surface area contributed by atoms with Crippen molar-refractivity contribution in [1.82, 2.24) is 4.90 Å². The average molecular weight is 262 g/mol. The molecule has 2 rings (SSSR count). The fraction of sp³-hybridized carbons (Fsp3) is 0.500. The van der Waals surface area contributed by atoms with Gasteiger partial charge < -0.3 is 4.74 Å². The number of halogens is 3. The van der Waals surface area contributed by atoms with Gasteiger partial charge in [0.15, 0.2) is 11.6 Å². The minimum absolute atomic E-state index is 0.0238. The Morgan fingerprint density at radius 3 is 2.88 bits per heavy atom. The van der Waals surface area contributed by atoms with Gasteiger partial charge in [-0.15, -0.1) is 11.6 Å². The summed E-state index contributed by atoms with van der Waals surface area (Å²) in [5.41, 5.74) is 0.763. The van der Waals surface area contributed by atoms with E-state index in [9.17, 15) is 8.78 Å². The number of benzene rings is 1. The summed E-state index contributed by atoms with van der Waals surface area (Å²) in [5, 5.41) is 0. The smallest absolute Gasteiger partial charge is 0.159 e. The first-order valence-corrected chi connectivity index (χ1v) is 6.06. The van der Waals surface area contributed by atoms with Gasteiger partial charge >= 0.3 is 0 Å². The molecule has 0 saturated carbocycles. The van der Waals surface area contributed by atoms with Gasteiger partial charge in [-0.1, -0.05) is 6.07 Å². The van der Waals surface area contributed by atoms with E-state index in [1.54, 1.807) is 6.07 Å². The Morgan fingerprint density at radius 1 is 1.35 bits per heavy atom. The first-order valence-electron chi connectivity index (χ1n) is 5.53. The molecule has 0 aromatic heterocycles. The van der Waals surface area contributed by atoms with E-state index in [1.807, 2.05) is 0 Å². The van der Waals surface area contributed by atoms with Crippen molar-refractivity contribution in [2.45, 2.75) is 12.6 Å². The first kappa shape index (κ1) is 12.7. The van der Waals surface area contributed by atoms with Crippen LogP contribution in [0.25, 0.3) is 0 Å². The van der Waals surface area contributed by atoms with E-state index in [1.165, 1.54) is 6.07 Å². The van der Waals surface area contributed by atoms with E-state index in [0.29, 0.717) is 19.0 Å². The van der Waals surface area contributed by atoms with Gasteiger partial charge in [-0.3, -0.25) is 4.90 Å². The molecule has 1 saturated heterocycles. The van der Waals surface area contributed by atoms with Crippen LogP contribution in [0.15, 0.2) is 18.2 Å². The van der Waals surface area contributed by atoms with Crippen LogP contribution >= 0.6 is 11.6 Å². The summed E-state index contributed by atoms with van der Waals surface area (Å²) in [6, 6.07) is 3.99. The zero-order chi connectivity index (χ0) is 12.3. The van der Waals surface area contributed by atoms with Crippen molar-refractivity contribution < 1.29 is 13.5 Å². The van der Waals surface area contributed by atoms with Gasteiger partial charge in [0.25, 0.3) is 0 Å². The Hall–Kier alpha value is -0.710. The van der Waals surface area contributed by atoms with Crippen LogP contribution < -0.4 is 0 Å². The van der Waals surface area contributed by atoms with Gasteiger partial charge in [-0.2, -0.15) is 0 Å². The molecule has 1 unspecified atom stereocenters. The predicted molar refractivity (Wildman–Crippen MR) is 62.1 cm³/mol. The van der Waals surface area contributed by atoms with E-state index in [2.05, 4.69) is 4.90 Å². The molecule has 0 aliphatic carbocycles. The largest absolute Gasteiger partial charge is 0.374 e. The molecular weight excluding hydrogens is 248 g/mol. The van der Waals surface area contributed by atoms with Gasteiger partial charge in [0.05, 0.1) is 12.7 Å². The molecule has 0 N–H and O–H groups in total. The fourth-order valence-corrected chi connectivity index (χ4v) is 2.10. The van der Waals surface area contributed by atoms with Crippen LogP contribution in [-0.2, 0) is 11.3 Å². The Morgan fingerprint density at radius 2 is 2.18 bits per heavy atom. The van der Waals surface area contributed by atoms with E-state index >= 15 is 0 Å². The summed E-state index contributed by atoms with van der Waals surface area (Å²) < 4.78 is 31.2. The summed E-state index contributed by atoms with van der Waals surface area (Å²) in [6.07, 6.45) is 0.0238. The Kier molecular flexibility index (Phi) is 4.31. The van der Waals surface area contributed by atoms with Crippen molar-refractivity contribution in [3.05, 3.63) is 35.4 Å². The van der Waals surface area contributed by atoms with E-state index < -0.39 is 11.6 Å². The van der Waals surface area contributed by atoms with Crippen molar-refractivity contribution in [2.24, 2.45) is 0 Å². The Balaban J connectivity index is 1.97. The molecular formula is C12H14ClF2NO. The van der Waals surface area contributed by atoms with Crippen LogP contribution in [0.1, 0.15) is 5.56 Å². The zero-order valence-corrected chi connectivity index (χ0v) is 10.1. The molecule has 1 aliphatic rings. The maximum Gasteiger partial charge on any atom is 0.159 e. The third-order valence-electron chi connectivity index (χ3n) is 2.79. The highest BCUT2D eigenvalue weighted by Crippen LogP contribution is 2.14. The van der Waals surface area contributed by atoms with Gasteiger partial charge in [-0.25, -0.2) is 8.78 Å². The molecule has 1 fully saturated rings. The second-order valence-corrected chi connectivity index (χ2v) is 4.44. The molecule has 1 aromatic rings. The second kappa shape index (κ2) is 5.76. The SMILES string of the molecule is Fc1ccc(CN2CCOC(CCl)C2)cc1F. The molecule has 0 bridgehead atoms. The maximum absolute atomic E-state index is 13.0.